The molecular weight excluding hydrogens is 442 g/mol. The molecule has 2 aromatic rings. The molecule has 0 unspecified atom stereocenters. The molecule has 2 N–H and O–H groups in total. The van der Waals surface area contributed by atoms with Gasteiger partial charge in [-0.3, -0.25) is 4.79 Å². The van der Waals surface area contributed by atoms with Crippen LogP contribution in [-0.4, -0.2) is 40.6 Å². The zero-order valence-electron chi connectivity index (χ0n) is 17.6. The molecular formula is C22H26F2N2O5S. The molecule has 1 aliphatic carbocycles. The Morgan fingerprint density at radius 3 is 2.56 bits per heavy atom. The Morgan fingerprint density at radius 1 is 1.12 bits per heavy atom. The van der Waals surface area contributed by atoms with Crippen LogP contribution in [0, 0.1) is 0 Å². The molecule has 10 heteroatoms. The van der Waals surface area contributed by atoms with Crippen molar-refractivity contribution in [1.82, 2.24) is 10.0 Å². The summed E-state index contributed by atoms with van der Waals surface area (Å²) in [5, 5.41) is 2.71. The molecule has 3 rings (SSSR count). The largest absolute Gasteiger partial charge is 0.493 e. The molecule has 32 heavy (non-hydrogen) atoms. The van der Waals surface area contributed by atoms with Gasteiger partial charge in [0.15, 0.2) is 11.5 Å². The van der Waals surface area contributed by atoms with Crippen molar-refractivity contribution in [3.05, 3.63) is 53.6 Å². The number of halogens is 2. The van der Waals surface area contributed by atoms with Crippen LogP contribution in [0.1, 0.15) is 41.6 Å². The predicted molar refractivity (Wildman–Crippen MR) is 115 cm³/mol. The first-order valence-electron chi connectivity index (χ1n) is 10.3. The van der Waals surface area contributed by atoms with E-state index in [0.717, 1.165) is 25.7 Å². The van der Waals surface area contributed by atoms with Crippen molar-refractivity contribution in [3.8, 4) is 11.5 Å². The van der Waals surface area contributed by atoms with E-state index >= 15 is 0 Å². The maximum atomic E-state index is 12.6. The average Bonchev–Trinajstić information content (AvgIpc) is 3.26. The fraction of sp³-hybridized carbons (Fsp3) is 0.409. The van der Waals surface area contributed by atoms with Gasteiger partial charge >= 0.3 is 6.61 Å². The maximum absolute atomic E-state index is 12.6. The zero-order valence-corrected chi connectivity index (χ0v) is 18.5. The summed E-state index contributed by atoms with van der Waals surface area (Å²) < 4.78 is 62.5. The number of alkyl halides is 2. The molecule has 0 spiro atoms. The van der Waals surface area contributed by atoms with E-state index in [1.807, 2.05) is 0 Å². The summed E-state index contributed by atoms with van der Waals surface area (Å²) in [5.41, 5.74) is 0.884. The van der Waals surface area contributed by atoms with Crippen molar-refractivity contribution in [2.75, 3.05) is 13.7 Å². The van der Waals surface area contributed by atoms with Crippen molar-refractivity contribution in [2.24, 2.45) is 0 Å². The van der Waals surface area contributed by atoms with Crippen LogP contribution in [0.2, 0.25) is 0 Å². The van der Waals surface area contributed by atoms with Crippen molar-refractivity contribution < 1.29 is 31.5 Å². The Morgan fingerprint density at radius 2 is 1.88 bits per heavy atom. The smallest absolute Gasteiger partial charge is 0.387 e. The standard InChI is InChI=1S/C22H26F2N2O5S/c1-30-19-10-9-15(13-20(19)31-22(23)24)11-12-25-21(27)16-5-4-8-18(14-16)32(28,29)26-17-6-2-3-7-17/h4-5,8-10,13-14,17,22,26H,2-3,6-7,11-12H2,1H3,(H,25,27). The number of benzene rings is 2. The highest BCUT2D eigenvalue weighted by molar-refractivity contribution is 7.89. The number of ether oxygens (including phenoxy) is 2. The zero-order chi connectivity index (χ0) is 23.1. The molecule has 0 bridgehead atoms. The van der Waals surface area contributed by atoms with Crippen molar-refractivity contribution in [1.29, 1.82) is 0 Å². The molecule has 0 radical (unpaired) electrons. The van der Waals surface area contributed by atoms with Crippen LogP contribution in [0.25, 0.3) is 0 Å². The second-order valence-corrected chi connectivity index (χ2v) is 9.21. The van der Waals surface area contributed by atoms with Crippen LogP contribution in [0.3, 0.4) is 0 Å². The average molecular weight is 469 g/mol. The van der Waals surface area contributed by atoms with Gasteiger partial charge in [-0.15, -0.1) is 0 Å². The Labute approximate surface area is 186 Å². The Balaban J connectivity index is 1.60. The quantitative estimate of drug-likeness (QED) is 0.557. The van der Waals surface area contributed by atoms with E-state index < -0.39 is 22.5 Å². The van der Waals surface area contributed by atoms with Gasteiger partial charge in [0.25, 0.3) is 5.91 Å². The third-order valence-corrected chi connectivity index (χ3v) is 6.75. The van der Waals surface area contributed by atoms with Gasteiger partial charge in [-0.1, -0.05) is 25.0 Å². The third-order valence-electron chi connectivity index (χ3n) is 5.23. The third kappa shape index (κ3) is 6.39. The maximum Gasteiger partial charge on any atom is 0.387 e. The summed E-state index contributed by atoms with van der Waals surface area (Å²) in [6, 6.07) is 10.4. The second-order valence-electron chi connectivity index (χ2n) is 7.50. The molecule has 1 fully saturated rings. The molecule has 2 aromatic carbocycles. The van der Waals surface area contributed by atoms with E-state index in [-0.39, 0.29) is 34.5 Å². The highest BCUT2D eigenvalue weighted by Gasteiger charge is 2.23. The van der Waals surface area contributed by atoms with E-state index in [1.165, 1.54) is 43.5 Å². The first kappa shape index (κ1) is 23.9. The van der Waals surface area contributed by atoms with Gasteiger partial charge in [0.1, 0.15) is 0 Å². The molecule has 1 saturated carbocycles. The summed E-state index contributed by atoms with van der Waals surface area (Å²) in [4.78, 5) is 12.5. The second kappa shape index (κ2) is 10.7. The van der Waals surface area contributed by atoms with Crippen molar-refractivity contribution in [3.63, 3.8) is 0 Å². The fourth-order valence-corrected chi connectivity index (χ4v) is 4.97. The van der Waals surface area contributed by atoms with Gasteiger partial charge in [-0.2, -0.15) is 8.78 Å². The fourth-order valence-electron chi connectivity index (χ4n) is 3.62. The first-order chi connectivity index (χ1) is 15.3. The lowest BCUT2D eigenvalue weighted by molar-refractivity contribution is -0.0512. The molecule has 1 aliphatic rings. The van der Waals surface area contributed by atoms with Crippen molar-refractivity contribution >= 4 is 15.9 Å². The molecule has 0 atom stereocenters. The van der Waals surface area contributed by atoms with E-state index in [2.05, 4.69) is 14.8 Å². The SMILES string of the molecule is COc1ccc(CCNC(=O)c2cccc(S(=O)(=O)NC3CCCC3)c2)cc1OC(F)F. The number of amides is 1. The first-order valence-corrected chi connectivity index (χ1v) is 11.8. The molecule has 1 amide bonds. The van der Waals surface area contributed by atoms with Crippen LogP contribution in [0.4, 0.5) is 8.78 Å². The molecule has 0 saturated heterocycles. The number of rotatable bonds is 10. The van der Waals surface area contributed by atoms with Gasteiger partial charge in [0, 0.05) is 18.2 Å². The highest BCUT2D eigenvalue weighted by atomic mass is 32.2. The summed E-state index contributed by atoms with van der Waals surface area (Å²) >= 11 is 0. The minimum Gasteiger partial charge on any atom is -0.493 e. The number of carbonyl (C=O) groups is 1. The molecule has 0 heterocycles. The Bertz CT molecular complexity index is 1040. The van der Waals surface area contributed by atoms with Gasteiger partial charge in [0.2, 0.25) is 10.0 Å². The minimum atomic E-state index is -3.70. The lowest BCUT2D eigenvalue weighted by Gasteiger charge is -2.13. The lowest BCUT2D eigenvalue weighted by atomic mass is 10.1. The number of methoxy groups -OCH3 is 1. The molecule has 0 aliphatic heterocycles. The number of carbonyl (C=O) groups excluding carboxylic acids is 1. The van der Waals surface area contributed by atoms with Crippen LogP contribution >= 0.6 is 0 Å². The summed E-state index contributed by atoms with van der Waals surface area (Å²) in [6.45, 7) is -2.76. The van der Waals surface area contributed by atoms with Crippen LogP contribution < -0.4 is 19.5 Å². The Kier molecular flexibility index (Phi) is 8.03. The molecule has 0 aromatic heterocycles. The number of sulfonamides is 1. The number of hydrogen-bond donors (Lipinski definition) is 2. The predicted octanol–water partition coefficient (Wildman–Crippen LogP) is 3.49. The monoisotopic (exact) mass is 468 g/mol. The summed E-state index contributed by atoms with van der Waals surface area (Å²) in [5.74, 6) is -0.332. The van der Waals surface area contributed by atoms with E-state index in [0.29, 0.717) is 12.0 Å². The van der Waals surface area contributed by atoms with Gasteiger partial charge in [-0.05, 0) is 55.2 Å². The van der Waals surface area contributed by atoms with Gasteiger partial charge in [0.05, 0.1) is 12.0 Å². The van der Waals surface area contributed by atoms with Crippen molar-refractivity contribution in [2.45, 2.75) is 49.7 Å². The highest BCUT2D eigenvalue weighted by Crippen LogP contribution is 2.29. The summed E-state index contributed by atoms with van der Waals surface area (Å²) in [7, 11) is -2.35. The molecule has 174 valence electrons. The summed E-state index contributed by atoms with van der Waals surface area (Å²) in [6.07, 6.45) is 3.99. The normalized spacial score (nSPS) is 14.5. The molecule has 7 nitrogen and oxygen atoms in total. The van der Waals surface area contributed by atoms with Gasteiger partial charge < -0.3 is 14.8 Å². The van der Waals surface area contributed by atoms with E-state index in [9.17, 15) is 22.0 Å². The Hall–Kier alpha value is -2.72. The minimum absolute atomic E-state index is 0.0426. The van der Waals surface area contributed by atoms with E-state index in [4.69, 9.17) is 4.74 Å². The van der Waals surface area contributed by atoms with E-state index in [1.54, 1.807) is 6.07 Å². The van der Waals surface area contributed by atoms with Crippen LogP contribution in [0.5, 0.6) is 11.5 Å². The topological polar surface area (TPSA) is 93.7 Å². The van der Waals surface area contributed by atoms with Crippen LogP contribution in [0.15, 0.2) is 47.4 Å². The number of nitrogens with one attached hydrogen (secondary N) is 2. The lowest BCUT2D eigenvalue weighted by Crippen LogP contribution is -2.33. The number of hydrogen-bond acceptors (Lipinski definition) is 5. The van der Waals surface area contributed by atoms with Gasteiger partial charge in [-0.25, -0.2) is 13.1 Å². The van der Waals surface area contributed by atoms with Crippen LogP contribution in [-0.2, 0) is 16.4 Å².